The van der Waals surface area contributed by atoms with Gasteiger partial charge in [0, 0.05) is 12.1 Å². The zero-order chi connectivity index (χ0) is 24.4. The molecule has 1 unspecified atom stereocenters. The second kappa shape index (κ2) is 10.3. The summed E-state index contributed by atoms with van der Waals surface area (Å²) in [5.41, 5.74) is 2.74. The van der Waals surface area contributed by atoms with Crippen molar-refractivity contribution in [1.29, 1.82) is 0 Å². The molecule has 1 amide bonds. The van der Waals surface area contributed by atoms with Crippen LogP contribution >= 0.6 is 0 Å². The number of rotatable bonds is 7. The molecule has 2 aliphatic rings. The van der Waals surface area contributed by atoms with Crippen LogP contribution in [0, 0.1) is 11.6 Å². The summed E-state index contributed by atoms with van der Waals surface area (Å²) in [6.45, 7) is 2.07. The van der Waals surface area contributed by atoms with Crippen LogP contribution < -0.4 is 0 Å². The molecule has 0 N–H and O–H groups in total. The lowest BCUT2D eigenvalue weighted by Gasteiger charge is -2.41. The molecule has 182 valence electrons. The number of piperidine rings is 1. The number of benzene rings is 3. The van der Waals surface area contributed by atoms with E-state index >= 15 is 0 Å². The molecule has 35 heavy (non-hydrogen) atoms. The monoisotopic (exact) mass is 475 g/mol. The molecular formula is C30H31F2NO2. The van der Waals surface area contributed by atoms with E-state index in [2.05, 4.69) is 11.8 Å². The van der Waals surface area contributed by atoms with Crippen LogP contribution in [0.3, 0.4) is 0 Å². The molecule has 0 aromatic heterocycles. The average Bonchev–Trinajstić information content (AvgIpc) is 3.15. The van der Waals surface area contributed by atoms with Gasteiger partial charge >= 0.3 is 0 Å². The summed E-state index contributed by atoms with van der Waals surface area (Å²) in [6, 6.07) is 23.0. The van der Waals surface area contributed by atoms with Crippen molar-refractivity contribution < 1.29 is 18.3 Å². The number of amides is 1. The third-order valence-corrected chi connectivity index (χ3v) is 7.53. The van der Waals surface area contributed by atoms with Gasteiger partial charge in [-0.05, 0) is 73.1 Å². The van der Waals surface area contributed by atoms with Gasteiger partial charge in [0.2, 0.25) is 5.91 Å². The van der Waals surface area contributed by atoms with E-state index in [4.69, 9.17) is 4.74 Å². The molecule has 3 aromatic rings. The maximum Gasteiger partial charge on any atom is 0.230 e. The molecule has 2 aliphatic heterocycles. The number of hydrogen-bond donors (Lipinski definition) is 0. The first-order chi connectivity index (χ1) is 17.0. The first-order valence-electron chi connectivity index (χ1n) is 12.6. The summed E-state index contributed by atoms with van der Waals surface area (Å²) in [5.74, 6) is -0.512. The number of hydrogen-bond acceptors (Lipinski definition) is 2. The van der Waals surface area contributed by atoms with Crippen molar-refractivity contribution in [3.63, 3.8) is 0 Å². The summed E-state index contributed by atoms with van der Waals surface area (Å²) in [6.07, 6.45) is 3.83. The summed E-state index contributed by atoms with van der Waals surface area (Å²) >= 11 is 0. The molecule has 0 radical (unpaired) electrons. The highest BCUT2D eigenvalue weighted by Crippen LogP contribution is 2.41. The minimum atomic E-state index is -0.421. The minimum Gasteiger partial charge on any atom is -0.365 e. The number of halogens is 2. The van der Waals surface area contributed by atoms with Gasteiger partial charge in [0.25, 0.3) is 0 Å². The van der Waals surface area contributed by atoms with Crippen molar-refractivity contribution in [2.24, 2.45) is 0 Å². The maximum atomic E-state index is 13.6. The van der Waals surface area contributed by atoms with Crippen molar-refractivity contribution in [1.82, 2.24) is 4.90 Å². The molecule has 0 saturated carbocycles. The predicted octanol–water partition coefficient (Wildman–Crippen LogP) is 6.79. The molecule has 3 nitrogen and oxygen atoms in total. The molecule has 4 atom stereocenters. The second-order valence-electron chi connectivity index (χ2n) is 9.71. The molecule has 2 bridgehead atoms. The standard InChI is InChI=1S/C30H31F2NO2/c1-2-28(20-6-4-3-5-7-20)30(34)33-25-16-17-26(33)19-27(18-25)35-29(21-8-12-23(31)13-9-21)22-10-14-24(32)15-11-22/h3-15,25-29H,2,16-19H2,1H3/t25-,26+,27?,28-/m1/s1. The zero-order valence-corrected chi connectivity index (χ0v) is 19.9. The normalized spacial score (nSPS) is 22.4. The van der Waals surface area contributed by atoms with Gasteiger partial charge in [-0.15, -0.1) is 0 Å². The van der Waals surface area contributed by atoms with E-state index in [9.17, 15) is 13.6 Å². The van der Waals surface area contributed by atoms with Crippen molar-refractivity contribution in [2.75, 3.05) is 0 Å². The highest BCUT2D eigenvalue weighted by molar-refractivity contribution is 5.84. The van der Waals surface area contributed by atoms with Crippen LogP contribution in [0.1, 0.15) is 67.7 Å². The largest absolute Gasteiger partial charge is 0.365 e. The number of carbonyl (C=O) groups excluding carboxylic acids is 1. The molecule has 2 saturated heterocycles. The Hall–Kier alpha value is -3.05. The fraction of sp³-hybridized carbons (Fsp3) is 0.367. The van der Waals surface area contributed by atoms with E-state index in [1.54, 1.807) is 24.3 Å². The topological polar surface area (TPSA) is 29.5 Å². The number of nitrogens with zero attached hydrogens (tertiary/aromatic N) is 1. The lowest BCUT2D eigenvalue weighted by Crippen LogP contribution is -2.50. The Bertz CT molecular complexity index is 1070. The van der Waals surface area contributed by atoms with E-state index in [-0.39, 0.29) is 41.6 Å². The van der Waals surface area contributed by atoms with E-state index in [1.165, 1.54) is 24.3 Å². The number of carbonyl (C=O) groups is 1. The predicted molar refractivity (Wildman–Crippen MR) is 132 cm³/mol. The molecular weight excluding hydrogens is 444 g/mol. The van der Waals surface area contributed by atoms with Crippen LogP contribution in [-0.2, 0) is 9.53 Å². The van der Waals surface area contributed by atoms with Crippen LogP contribution in [0.15, 0.2) is 78.9 Å². The Kier molecular flexibility index (Phi) is 6.96. The molecule has 3 aromatic carbocycles. The molecule has 5 heteroatoms. The van der Waals surface area contributed by atoms with Crippen LogP contribution in [-0.4, -0.2) is 29.0 Å². The van der Waals surface area contributed by atoms with Crippen LogP contribution in [0.2, 0.25) is 0 Å². The van der Waals surface area contributed by atoms with Gasteiger partial charge in [-0.25, -0.2) is 8.78 Å². The number of ether oxygens (including phenoxy) is 1. The number of fused-ring (bicyclic) bond motifs is 2. The quantitative estimate of drug-likeness (QED) is 0.377. The van der Waals surface area contributed by atoms with E-state index < -0.39 is 6.10 Å². The van der Waals surface area contributed by atoms with Crippen molar-refractivity contribution >= 4 is 5.91 Å². The molecule has 0 spiro atoms. The highest BCUT2D eigenvalue weighted by Gasteiger charge is 2.45. The second-order valence-corrected chi connectivity index (χ2v) is 9.71. The lowest BCUT2D eigenvalue weighted by atomic mass is 9.91. The first kappa shape index (κ1) is 23.7. The Labute approximate surface area is 205 Å². The average molecular weight is 476 g/mol. The van der Waals surface area contributed by atoms with Gasteiger partial charge in [0.1, 0.15) is 17.7 Å². The Morgan fingerprint density at radius 1 is 0.829 bits per heavy atom. The summed E-state index contributed by atoms with van der Waals surface area (Å²) < 4.78 is 33.8. The SMILES string of the molecule is CC[C@@H](C(=O)N1[C@@H]2CC[C@H]1CC(OC(c1ccc(F)cc1)c1ccc(F)cc1)C2)c1ccccc1. The van der Waals surface area contributed by atoms with Gasteiger partial charge in [-0.1, -0.05) is 61.5 Å². The zero-order valence-electron chi connectivity index (χ0n) is 19.9. The molecule has 2 heterocycles. The van der Waals surface area contributed by atoms with E-state index in [0.717, 1.165) is 48.8 Å². The molecule has 2 fully saturated rings. The van der Waals surface area contributed by atoms with Gasteiger partial charge in [-0.2, -0.15) is 0 Å². The minimum absolute atomic E-state index is 0.0338. The van der Waals surface area contributed by atoms with Crippen molar-refractivity contribution in [3.05, 3.63) is 107 Å². The highest BCUT2D eigenvalue weighted by atomic mass is 19.1. The summed E-state index contributed by atoms with van der Waals surface area (Å²) in [5, 5.41) is 0. The molecule has 0 aliphatic carbocycles. The van der Waals surface area contributed by atoms with Crippen molar-refractivity contribution in [3.8, 4) is 0 Å². The third kappa shape index (κ3) is 5.01. The van der Waals surface area contributed by atoms with Gasteiger partial charge < -0.3 is 9.64 Å². The van der Waals surface area contributed by atoms with Gasteiger partial charge in [0.05, 0.1) is 12.0 Å². The smallest absolute Gasteiger partial charge is 0.230 e. The van der Waals surface area contributed by atoms with Gasteiger partial charge in [0.15, 0.2) is 0 Å². The van der Waals surface area contributed by atoms with E-state index in [1.807, 2.05) is 30.3 Å². The summed E-state index contributed by atoms with van der Waals surface area (Å²) in [7, 11) is 0. The van der Waals surface area contributed by atoms with E-state index in [0.29, 0.717) is 0 Å². The van der Waals surface area contributed by atoms with Crippen LogP contribution in [0.4, 0.5) is 8.78 Å². The van der Waals surface area contributed by atoms with Crippen molar-refractivity contribution in [2.45, 2.75) is 69.2 Å². The van der Waals surface area contributed by atoms with Gasteiger partial charge in [-0.3, -0.25) is 4.79 Å². The third-order valence-electron chi connectivity index (χ3n) is 7.53. The Balaban J connectivity index is 1.34. The molecule has 5 rings (SSSR count). The Morgan fingerprint density at radius 2 is 1.34 bits per heavy atom. The van der Waals surface area contributed by atoms with Crippen LogP contribution in [0.5, 0.6) is 0 Å². The fourth-order valence-corrected chi connectivity index (χ4v) is 5.83. The fourth-order valence-electron chi connectivity index (χ4n) is 5.83. The Morgan fingerprint density at radius 3 is 1.83 bits per heavy atom. The first-order valence-corrected chi connectivity index (χ1v) is 12.6. The lowest BCUT2D eigenvalue weighted by molar-refractivity contribution is -0.141. The maximum absolute atomic E-state index is 13.6. The summed E-state index contributed by atoms with van der Waals surface area (Å²) in [4.78, 5) is 15.8. The van der Waals surface area contributed by atoms with Crippen LogP contribution in [0.25, 0.3) is 0 Å².